The zero-order chi connectivity index (χ0) is 15.7. The molecule has 0 aromatic heterocycles. The summed E-state index contributed by atoms with van der Waals surface area (Å²) in [6, 6.07) is 9.45. The van der Waals surface area contributed by atoms with Crippen LogP contribution in [0, 0.1) is 5.82 Å². The van der Waals surface area contributed by atoms with E-state index in [0.29, 0.717) is 33.1 Å². The van der Waals surface area contributed by atoms with Crippen LogP contribution in [0.25, 0.3) is 6.08 Å². The van der Waals surface area contributed by atoms with Gasteiger partial charge >= 0.3 is 0 Å². The van der Waals surface area contributed by atoms with E-state index in [1.54, 1.807) is 24.3 Å². The maximum Gasteiger partial charge on any atom is 0.191 e. The Balaban J connectivity index is 1.96. The number of carbonyl (C=O) groups is 1. The number of hydrogen-bond acceptors (Lipinski definition) is 4. The zero-order valence-electron chi connectivity index (χ0n) is 11.8. The molecular weight excluding hydrogens is 303 g/mol. The lowest BCUT2D eigenvalue weighted by Crippen LogP contribution is -2.13. The predicted octanol–water partition coefficient (Wildman–Crippen LogP) is 3.91. The Bertz CT molecular complexity index is 783. The van der Waals surface area contributed by atoms with E-state index in [1.807, 2.05) is 0 Å². The van der Waals surface area contributed by atoms with Crippen molar-refractivity contribution in [1.82, 2.24) is 0 Å². The number of hydrogen-bond donors (Lipinski definition) is 1. The monoisotopic (exact) mass is 316 g/mol. The van der Waals surface area contributed by atoms with Crippen LogP contribution >= 0.6 is 11.8 Å². The number of thioether (sulfide) groups is 1. The van der Waals surface area contributed by atoms with Crippen LogP contribution in [-0.2, 0) is 0 Å². The summed E-state index contributed by atoms with van der Waals surface area (Å²) in [6.07, 6.45) is 1.71. The number of ketones is 1. The molecule has 2 aromatic carbocycles. The number of ether oxygens (including phenoxy) is 1. The van der Waals surface area contributed by atoms with Crippen molar-refractivity contribution in [3.63, 3.8) is 0 Å². The van der Waals surface area contributed by atoms with Crippen molar-refractivity contribution in [3.8, 4) is 11.5 Å². The summed E-state index contributed by atoms with van der Waals surface area (Å²) in [7, 11) is 1.47. The standard InChI is InChI=1S/C17H13FO3S/c1-21-15-6-5-10(8-14(15)19)7-11-9-22-17-12(16(11)20)3-2-4-13(17)18/h2-8,19H,9H2,1H3. The Hall–Kier alpha value is -2.27. The third-order valence-corrected chi connectivity index (χ3v) is 4.58. The van der Waals surface area contributed by atoms with E-state index in [9.17, 15) is 14.3 Å². The molecule has 0 saturated carbocycles. The van der Waals surface area contributed by atoms with Gasteiger partial charge < -0.3 is 9.84 Å². The Morgan fingerprint density at radius 3 is 2.86 bits per heavy atom. The molecule has 0 saturated heterocycles. The van der Waals surface area contributed by atoms with Gasteiger partial charge in [-0.15, -0.1) is 11.8 Å². The highest BCUT2D eigenvalue weighted by Crippen LogP contribution is 2.36. The van der Waals surface area contributed by atoms with Gasteiger partial charge in [0.05, 0.1) is 12.0 Å². The molecule has 112 valence electrons. The van der Waals surface area contributed by atoms with Crippen molar-refractivity contribution in [2.75, 3.05) is 12.9 Å². The van der Waals surface area contributed by atoms with Gasteiger partial charge in [0.15, 0.2) is 17.3 Å². The van der Waals surface area contributed by atoms with E-state index in [4.69, 9.17) is 4.74 Å². The average molecular weight is 316 g/mol. The van der Waals surface area contributed by atoms with Crippen LogP contribution in [-0.4, -0.2) is 23.8 Å². The molecule has 0 bridgehead atoms. The summed E-state index contributed by atoms with van der Waals surface area (Å²) in [5.41, 5.74) is 1.66. The third kappa shape index (κ3) is 2.60. The maximum absolute atomic E-state index is 13.7. The van der Waals surface area contributed by atoms with Crippen molar-refractivity contribution in [2.45, 2.75) is 4.90 Å². The summed E-state index contributed by atoms with van der Waals surface area (Å²) in [5, 5.41) is 9.79. The number of halogens is 1. The fourth-order valence-electron chi connectivity index (χ4n) is 2.33. The van der Waals surface area contributed by atoms with Crippen LogP contribution in [0.4, 0.5) is 4.39 Å². The Kier molecular flexibility index (Phi) is 3.90. The highest BCUT2D eigenvalue weighted by Gasteiger charge is 2.24. The summed E-state index contributed by atoms with van der Waals surface area (Å²) in [4.78, 5) is 12.9. The van der Waals surface area contributed by atoms with Gasteiger partial charge in [0.25, 0.3) is 0 Å². The summed E-state index contributed by atoms with van der Waals surface area (Å²) >= 11 is 1.31. The molecular formula is C17H13FO3S. The van der Waals surface area contributed by atoms with Crippen molar-refractivity contribution < 1.29 is 19.0 Å². The van der Waals surface area contributed by atoms with Crippen LogP contribution in [0.3, 0.4) is 0 Å². The lowest BCUT2D eigenvalue weighted by Gasteiger charge is -2.17. The van der Waals surface area contributed by atoms with E-state index in [1.165, 1.54) is 37.1 Å². The molecule has 0 aliphatic carbocycles. The molecule has 1 N–H and O–H groups in total. The molecule has 3 rings (SSSR count). The molecule has 3 nitrogen and oxygen atoms in total. The molecule has 0 atom stereocenters. The number of benzene rings is 2. The second-order valence-corrected chi connectivity index (χ2v) is 5.82. The van der Waals surface area contributed by atoms with Crippen LogP contribution in [0.15, 0.2) is 46.9 Å². The minimum Gasteiger partial charge on any atom is -0.504 e. The number of aromatic hydroxyl groups is 1. The average Bonchev–Trinajstić information content (AvgIpc) is 2.51. The first kappa shape index (κ1) is 14.7. The predicted molar refractivity (Wildman–Crippen MR) is 84.1 cm³/mol. The van der Waals surface area contributed by atoms with Gasteiger partial charge in [0.1, 0.15) is 5.82 Å². The fourth-order valence-corrected chi connectivity index (χ4v) is 3.36. The van der Waals surface area contributed by atoms with Crippen molar-refractivity contribution >= 4 is 23.6 Å². The minimum atomic E-state index is -0.364. The molecule has 5 heteroatoms. The molecule has 2 aromatic rings. The Morgan fingerprint density at radius 2 is 2.14 bits per heavy atom. The quantitative estimate of drug-likeness (QED) is 0.853. The Labute approximate surface area is 131 Å². The second-order valence-electron chi connectivity index (χ2n) is 4.84. The summed E-state index contributed by atoms with van der Waals surface area (Å²) in [5.74, 6) is 0.248. The number of methoxy groups -OCH3 is 1. The minimum absolute atomic E-state index is 0.0132. The molecule has 0 unspecified atom stereocenters. The largest absolute Gasteiger partial charge is 0.504 e. The van der Waals surface area contributed by atoms with Crippen LogP contribution in [0.5, 0.6) is 11.5 Å². The molecule has 1 aliphatic rings. The summed E-state index contributed by atoms with van der Waals surface area (Å²) < 4.78 is 18.7. The van der Waals surface area contributed by atoms with Crippen LogP contribution < -0.4 is 4.74 Å². The van der Waals surface area contributed by atoms with E-state index >= 15 is 0 Å². The molecule has 0 spiro atoms. The molecule has 0 amide bonds. The van der Waals surface area contributed by atoms with Crippen LogP contribution in [0.2, 0.25) is 0 Å². The number of rotatable bonds is 2. The third-order valence-electron chi connectivity index (χ3n) is 3.42. The van der Waals surface area contributed by atoms with Crippen molar-refractivity contribution in [2.24, 2.45) is 0 Å². The van der Waals surface area contributed by atoms with Crippen molar-refractivity contribution in [3.05, 3.63) is 58.9 Å². The second kappa shape index (κ2) is 5.85. The van der Waals surface area contributed by atoms with Gasteiger partial charge in [0.2, 0.25) is 0 Å². The number of fused-ring (bicyclic) bond motifs is 1. The highest BCUT2D eigenvalue weighted by molar-refractivity contribution is 7.99. The number of carbonyl (C=O) groups excluding carboxylic acids is 1. The first-order valence-corrected chi connectivity index (χ1v) is 7.62. The van der Waals surface area contributed by atoms with Gasteiger partial charge in [-0.25, -0.2) is 4.39 Å². The van der Waals surface area contributed by atoms with Crippen LogP contribution in [0.1, 0.15) is 15.9 Å². The fraction of sp³-hybridized carbons (Fsp3) is 0.118. The first-order chi connectivity index (χ1) is 10.6. The number of phenols is 1. The number of Topliss-reactive ketones (excluding diaryl/α,β-unsaturated/α-hetero) is 1. The van der Waals surface area contributed by atoms with Gasteiger partial charge in [0, 0.05) is 16.9 Å². The highest BCUT2D eigenvalue weighted by atomic mass is 32.2. The molecule has 1 heterocycles. The zero-order valence-corrected chi connectivity index (χ0v) is 12.6. The summed E-state index contributed by atoms with van der Waals surface area (Å²) in [6.45, 7) is 0. The van der Waals surface area contributed by atoms with Gasteiger partial charge in [-0.05, 0) is 35.9 Å². The van der Waals surface area contributed by atoms with E-state index < -0.39 is 0 Å². The van der Waals surface area contributed by atoms with Gasteiger partial charge in [-0.1, -0.05) is 12.1 Å². The maximum atomic E-state index is 13.7. The van der Waals surface area contributed by atoms with Crippen molar-refractivity contribution in [1.29, 1.82) is 0 Å². The Morgan fingerprint density at radius 1 is 1.32 bits per heavy atom. The molecule has 1 aliphatic heterocycles. The van der Waals surface area contributed by atoms with E-state index in [2.05, 4.69) is 0 Å². The molecule has 22 heavy (non-hydrogen) atoms. The number of phenolic OH excluding ortho intramolecular Hbond substituents is 1. The van der Waals surface area contributed by atoms with E-state index in [0.717, 1.165) is 0 Å². The van der Waals surface area contributed by atoms with Gasteiger partial charge in [-0.2, -0.15) is 0 Å². The molecule has 0 fully saturated rings. The SMILES string of the molecule is COc1ccc(C=C2CSc3c(F)cccc3C2=O)cc1O. The van der Waals surface area contributed by atoms with Gasteiger partial charge in [-0.3, -0.25) is 4.79 Å². The molecule has 0 radical (unpaired) electrons. The van der Waals surface area contributed by atoms with E-state index in [-0.39, 0.29) is 17.3 Å². The normalized spacial score (nSPS) is 15.7. The smallest absolute Gasteiger partial charge is 0.191 e. The first-order valence-electron chi connectivity index (χ1n) is 6.63. The lowest BCUT2D eigenvalue weighted by molar-refractivity contribution is 0.103. The lowest BCUT2D eigenvalue weighted by atomic mass is 10.0. The topological polar surface area (TPSA) is 46.5 Å².